The summed E-state index contributed by atoms with van der Waals surface area (Å²) in [5, 5.41) is 1.18. The summed E-state index contributed by atoms with van der Waals surface area (Å²) in [5.41, 5.74) is 1.87. The number of hydrogen-bond donors (Lipinski definition) is 0. The first-order valence-electron chi connectivity index (χ1n) is 6.05. The Balaban J connectivity index is 2.43. The fourth-order valence-electron chi connectivity index (χ4n) is 2.26. The molecule has 0 aliphatic heterocycles. The van der Waals surface area contributed by atoms with E-state index in [4.69, 9.17) is 16.0 Å². The number of hydrogen-bond acceptors (Lipinski definition) is 2. The van der Waals surface area contributed by atoms with E-state index in [9.17, 15) is 9.18 Å². The van der Waals surface area contributed by atoms with Gasteiger partial charge in [-0.1, -0.05) is 23.7 Å². The van der Waals surface area contributed by atoms with Crippen molar-refractivity contribution in [3.8, 4) is 11.1 Å². The molecule has 3 rings (SSSR count). The van der Waals surface area contributed by atoms with Gasteiger partial charge in [-0.15, -0.1) is 0 Å². The van der Waals surface area contributed by atoms with E-state index in [1.165, 1.54) is 18.2 Å². The van der Waals surface area contributed by atoms with Crippen molar-refractivity contribution in [1.29, 1.82) is 0 Å². The molecule has 0 aliphatic carbocycles. The Morgan fingerprint density at radius 1 is 1.10 bits per heavy atom. The molecule has 3 aromatic rings. The van der Waals surface area contributed by atoms with Gasteiger partial charge < -0.3 is 4.42 Å². The van der Waals surface area contributed by atoms with Crippen LogP contribution in [0.15, 0.2) is 51.7 Å². The average Bonchev–Trinajstić information content (AvgIpc) is 2.42. The molecule has 0 saturated carbocycles. The zero-order valence-electron chi connectivity index (χ0n) is 10.6. The molecule has 0 bridgehead atoms. The van der Waals surface area contributed by atoms with E-state index in [1.807, 2.05) is 0 Å². The average molecular weight is 289 g/mol. The predicted octanol–water partition coefficient (Wildman–Crippen LogP) is 4.56. The third kappa shape index (κ3) is 2.10. The molecule has 1 aromatic heterocycles. The number of rotatable bonds is 1. The topological polar surface area (TPSA) is 30.2 Å². The number of halogens is 2. The molecule has 0 fully saturated rings. The summed E-state index contributed by atoms with van der Waals surface area (Å²) in [4.78, 5) is 11.9. The molecule has 100 valence electrons. The van der Waals surface area contributed by atoms with Gasteiger partial charge in [0.15, 0.2) is 0 Å². The molecule has 2 nitrogen and oxygen atoms in total. The summed E-state index contributed by atoms with van der Waals surface area (Å²) in [6.07, 6.45) is 0. The van der Waals surface area contributed by atoms with Gasteiger partial charge in [0.1, 0.15) is 11.4 Å². The molecule has 1 heterocycles. The molecule has 0 spiro atoms. The van der Waals surface area contributed by atoms with Gasteiger partial charge in [-0.25, -0.2) is 9.18 Å². The standard InChI is InChI=1S/C16H10ClFO2/c1-9-15(10-2-4-11(17)5-3-10)13-8-12(18)6-7-14(13)20-16(9)19/h2-8H,1H3. The summed E-state index contributed by atoms with van der Waals surface area (Å²) in [5.74, 6) is -0.374. The highest BCUT2D eigenvalue weighted by atomic mass is 35.5. The van der Waals surface area contributed by atoms with E-state index in [1.54, 1.807) is 31.2 Å². The minimum Gasteiger partial charge on any atom is -0.422 e. The molecule has 0 saturated heterocycles. The second-order valence-electron chi connectivity index (χ2n) is 4.54. The highest BCUT2D eigenvalue weighted by Gasteiger charge is 2.13. The van der Waals surface area contributed by atoms with Crippen LogP contribution in [0.2, 0.25) is 5.02 Å². The Morgan fingerprint density at radius 2 is 1.80 bits per heavy atom. The van der Waals surface area contributed by atoms with E-state index in [0.29, 0.717) is 27.1 Å². The molecule has 4 heteroatoms. The summed E-state index contributed by atoms with van der Waals surface area (Å²) in [7, 11) is 0. The molecular weight excluding hydrogens is 279 g/mol. The monoisotopic (exact) mass is 288 g/mol. The lowest BCUT2D eigenvalue weighted by Gasteiger charge is -2.09. The lowest BCUT2D eigenvalue weighted by molar-refractivity contribution is 0.553. The van der Waals surface area contributed by atoms with Crippen LogP contribution in [-0.4, -0.2) is 0 Å². The Kier molecular flexibility index (Phi) is 3.07. The highest BCUT2D eigenvalue weighted by Crippen LogP contribution is 2.31. The van der Waals surface area contributed by atoms with Gasteiger partial charge in [0.25, 0.3) is 0 Å². The predicted molar refractivity (Wildman–Crippen MR) is 77.6 cm³/mol. The van der Waals surface area contributed by atoms with Gasteiger partial charge in [-0.3, -0.25) is 0 Å². The maximum atomic E-state index is 13.5. The molecule has 0 N–H and O–H groups in total. The Hall–Kier alpha value is -2.13. The Morgan fingerprint density at radius 3 is 2.50 bits per heavy atom. The van der Waals surface area contributed by atoms with Crippen LogP contribution in [0.3, 0.4) is 0 Å². The molecule has 0 aliphatic rings. The molecule has 0 unspecified atom stereocenters. The van der Waals surface area contributed by atoms with Crippen molar-refractivity contribution in [2.75, 3.05) is 0 Å². The van der Waals surface area contributed by atoms with Gasteiger partial charge in [0, 0.05) is 21.5 Å². The molecule has 0 radical (unpaired) electrons. The summed E-state index contributed by atoms with van der Waals surface area (Å²) < 4.78 is 18.7. The molecule has 0 atom stereocenters. The zero-order valence-corrected chi connectivity index (χ0v) is 11.4. The van der Waals surface area contributed by atoms with Crippen LogP contribution in [0.4, 0.5) is 4.39 Å². The van der Waals surface area contributed by atoms with Gasteiger partial charge in [0.05, 0.1) is 0 Å². The second kappa shape index (κ2) is 4.76. The summed E-state index contributed by atoms with van der Waals surface area (Å²) in [6, 6.07) is 11.2. The van der Waals surface area contributed by atoms with E-state index in [2.05, 4.69) is 0 Å². The van der Waals surface area contributed by atoms with Crippen molar-refractivity contribution >= 4 is 22.6 Å². The minimum absolute atomic E-state index is 0.368. The first-order valence-corrected chi connectivity index (χ1v) is 6.43. The summed E-state index contributed by atoms with van der Waals surface area (Å²) in [6.45, 7) is 1.67. The quantitative estimate of drug-likeness (QED) is 0.614. The fourth-order valence-corrected chi connectivity index (χ4v) is 2.38. The van der Waals surface area contributed by atoms with Crippen molar-refractivity contribution in [1.82, 2.24) is 0 Å². The van der Waals surface area contributed by atoms with Gasteiger partial charge in [0.2, 0.25) is 0 Å². The van der Waals surface area contributed by atoms with E-state index in [0.717, 1.165) is 5.56 Å². The largest absolute Gasteiger partial charge is 0.422 e. The van der Waals surface area contributed by atoms with Crippen LogP contribution in [-0.2, 0) is 0 Å². The maximum Gasteiger partial charge on any atom is 0.339 e. The molecule has 20 heavy (non-hydrogen) atoms. The van der Waals surface area contributed by atoms with E-state index >= 15 is 0 Å². The Labute approximate surface area is 119 Å². The lowest BCUT2D eigenvalue weighted by Crippen LogP contribution is -2.05. The van der Waals surface area contributed by atoms with Crippen LogP contribution < -0.4 is 5.63 Å². The highest BCUT2D eigenvalue weighted by molar-refractivity contribution is 6.30. The van der Waals surface area contributed by atoms with Crippen LogP contribution >= 0.6 is 11.6 Å². The third-order valence-corrected chi connectivity index (χ3v) is 3.48. The van der Waals surface area contributed by atoms with Crippen molar-refractivity contribution in [2.24, 2.45) is 0 Å². The van der Waals surface area contributed by atoms with E-state index in [-0.39, 0.29) is 5.82 Å². The van der Waals surface area contributed by atoms with Crippen molar-refractivity contribution in [3.05, 3.63) is 69.3 Å². The van der Waals surface area contributed by atoms with Crippen LogP contribution in [0, 0.1) is 12.7 Å². The van der Waals surface area contributed by atoms with Gasteiger partial charge in [-0.05, 0) is 42.8 Å². The molecule has 2 aromatic carbocycles. The second-order valence-corrected chi connectivity index (χ2v) is 4.97. The third-order valence-electron chi connectivity index (χ3n) is 3.23. The van der Waals surface area contributed by atoms with Crippen LogP contribution in [0.25, 0.3) is 22.1 Å². The first kappa shape index (κ1) is 12.9. The van der Waals surface area contributed by atoms with E-state index < -0.39 is 5.63 Å². The van der Waals surface area contributed by atoms with Crippen molar-refractivity contribution in [2.45, 2.75) is 6.92 Å². The lowest BCUT2D eigenvalue weighted by atomic mass is 9.98. The van der Waals surface area contributed by atoms with Crippen molar-refractivity contribution in [3.63, 3.8) is 0 Å². The number of benzene rings is 2. The maximum absolute atomic E-state index is 13.5. The van der Waals surface area contributed by atoms with Crippen LogP contribution in [0.5, 0.6) is 0 Å². The Bertz CT molecular complexity index is 851. The number of fused-ring (bicyclic) bond motifs is 1. The normalized spacial score (nSPS) is 10.9. The molecular formula is C16H10ClFO2. The van der Waals surface area contributed by atoms with Gasteiger partial charge in [-0.2, -0.15) is 0 Å². The SMILES string of the molecule is Cc1c(-c2ccc(Cl)cc2)c2cc(F)ccc2oc1=O. The molecule has 0 amide bonds. The zero-order chi connectivity index (χ0) is 14.3. The minimum atomic E-state index is -0.422. The first-order chi connectivity index (χ1) is 9.56. The summed E-state index contributed by atoms with van der Waals surface area (Å²) >= 11 is 5.87. The smallest absolute Gasteiger partial charge is 0.339 e. The van der Waals surface area contributed by atoms with Gasteiger partial charge >= 0.3 is 5.63 Å². The van der Waals surface area contributed by atoms with Crippen LogP contribution in [0.1, 0.15) is 5.56 Å². The van der Waals surface area contributed by atoms with Crippen molar-refractivity contribution < 1.29 is 8.81 Å². The fraction of sp³-hybridized carbons (Fsp3) is 0.0625.